The van der Waals surface area contributed by atoms with Crippen LogP contribution < -0.4 is 25.7 Å². The van der Waals surface area contributed by atoms with Crippen LogP contribution in [-0.4, -0.2) is 39.0 Å². The summed E-state index contributed by atoms with van der Waals surface area (Å²) in [4.78, 5) is 25.4. The van der Waals surface area contributed by atoms with Crippen molar-refractivity contribution in [3.63, 3.8) is 0 Å². The number of urea groups is 1. The van der Waals surface area contributed by atoms with Gasteiger partial charge in [0.15, 0.2) is 0 Å². The molecule has 2 aromatic rings. The third-order valence-corrected chi connectivity index (χ3v) is 4.26. The number of carbonyl (C=O) groups excluding carboxylic acids is 2. The molecular weight excluding hydrogens is 544 g/mol. The molecule has 0 aliphatic heterocycles. The molecule has 0 radical (unpaired) electrons. The third-order valence-electron chi connectivity index (χ3n) is 4.26. The Morgan fingerprint density at radius 3 is 2.29 bits per heavy atom. The van der Waals surface area contributed by atoms with Crippen LogP contribution in [0.15, 0.2) is 83.8 Å². The molecule has 0 heterocycles. The number of ether oxygens (including phenoxy) is 1. The zero-order chi connectivity index (χ0) is 31.3. The molecule has 0 saturated heterocycles. The van der Waals surface area contributed by atoms with E-state index in [2.05, 4.69) is 32.6 Å². The number of hydrogen-bond acceptors (Lipinski definition) is 6. The van der Waals surface area contributed by atoms with Gasteiger partial charge in [-0.1, -0.05) is 26.5 Å². The summed E-state index contributed by atoms with van der Waals surface area (Å²) in [6.45, 7) is 9.29. The summed E-state index contributed by atoms with van der Waals surface area (Å²) in [5.74, 6) is -0.656. The molecule has 13 heteroatoms. The number of benzene rings is 2. The van der Waals surface area contributed by atoms with Gasteiger partial charge in [0.1, 0.15) is 11.6 Å². The first kappa shape index (κ1) is 36.1. The lowest BCUT2D eigenvalue weighted by Gasteiger charge is -2.20. The van der Waals surface area contributed by atoms with Gasteiger partial charge in [0.25, 0.3) is 0 Å². The second kappa shape index (κ2) is 20.0. The molecule has 0 atom stereocenters. The standard InChI is InChI=1S/C24H23F4N5O2.C2H5NO.C2H6/c1-4-11-29-13-6-14-35-18-8-9-20(19(25)16-18)31-23(34)32-21-15-17(24(26,27)28)7-10-22(21)33(3)30-12-5-2;1-3-2-4;1-2/h4-16H,2H2,1,3H3,(H2,31,32,34);2H,1H3,(H,3,4);1-2H3/b11-4-,14-6+,29-13-,30-12-;;. The van der Waals surface area contributed by atoms with Crippen LogP contribution >= 0.6 is 0 Å². The lowest BCUT2D eigenvalue weighted by atomic mass is 10.1. The van der Waals surface area contributed by atoms with Crippen LogP contribution in [0.25, 0.3) is 0 Å². The average Bonchev–Trinajstić information content (AvgIpc) is 2.95. The van der Waals surface area contributed by atoms with Crippen molar-refractivity contribution in [2.45, 2.75) is 26.9 Å². The number of halogens is 4. The molecule has 222 valence electrons. The molecule has 0 saturated carbocycles. The molecule has 0 fully saturated rings. The van der Waals surface area contributed by atoms with Crippen molar-refractivity contribution < 1.29 is 31.9 Å². The number of alkyl halides is 3. The minimum atomic E-state index is -4.64. The summed E-state index contributed by atoms with van der Waals surface area (Å²) in [7, 11) is 3.04. The van der Waals surface area contributed by atoms with Crippen molar-refractivity contribution in [2.24, 2.45) is 10.1 Å². The lowest BCUT2D eigenvalue weighted by molar-refractivity contribution is -0.137. The Morgan fingerprint density at radius 1 is 1.07 bits per heavy atom. The zero-order valence-electron chi connectivity index (χ0n) is 23.4. The van der Waals surface area contributed by atoms with E-state index >= 15 is 0 Å². The van der Waals surface area contributed by atoms with Crippen LogP contribution in [0.2, 0.25) is 0 Å². The molecule has 9 nitrogen and oxygen atoms in total. The van der Waals surface area contributed by atoms with Crippen LogP contribution in [0.4, 0.5) is 39.4 Å². The van der Waals surface area contributed by atoms with E-state index in [9.17, 15) is 22.4 Å². The van der Waals surface area contributed by atoms with Crippen LogP contribution in [-0.2, 0) is 11.0 Å². The van der Waals surface area contributed by atoms with Gasteiger partial charge in [0.05, 0.1) is 28.9 Å². The normalized spacial score (nSPS) is 11.0. The summed E-state index contributed by atoms with van der Waals surface area (Å²) in [5, 5.41) is 12.0. The predicted molar refractivity (Wildman–Crippen MR) is 157 cm³/mol. The van der Waals surface area contributed by atoms with E-state index in [0.29, 0.717) is 6.41 Å². The smallest absolute Gasteiger partial charge is 0.416 e. The van der Waals surface area contributed by atoms with Crippen LogP contribution in [0.3, 0.4) is 0 Å². The van der Waals surface area contributed by atoms with E-state index in [1.54, 1.807) is 19.3 Å². The van der Waals surface area contributed by atoms with E-state index in [1.165, 1.54) is 55.0 Å². The highest BCUT2D eigenvalue weighted by Crippen LogP contribution is 2.35. The Morgan fingerprint density at radius 2 is 1.73 bits per heavy atom. The number of hydrazone groups is 1. The number of carbonyl (C=O) groups is 2. The van der Waals surface area contributed by atoms with Gasteiger partial charge in [-0.2, -0.15) is 18.3 Å². The van der Waals surface area contributed by atoms with E-state index in [0.717, 1.165) is 24.3 Å². The number of aliphatic imine (C=N–C) groups is 1. The van der Waals surface area contributed by atoms with Crippen molar-refractivity contribution in [2.75, 3.05) is 29.7 Å². The number of nitrogens with one attached hydrogen (secondary N) is 3. The summed E-state index contributed by atoms with van der Waals surface area (Å²) in [6.07, 6.45) is 6.27. The molecule has 0 bridgehead atoms. The van der Waals surface area contributed by atoms with Gasteiger partial charge in [-0.25, -0.2) is 9.18 Å². The molecule has 3 N–H and O–H groups in total. The lowest BCUT2D eigenvalue weighted by Crippen LogP contribution is -2.22. The highest BCUT2D eigenvalue weighted by molar-refractivity contribution is 6.02. The Hall–Kier alpha value is -4.94. The molecule has 0 spiro atoms. The van der Waals surface area contributed by atoms with E-state index in [1.807, 2.05) is 20.8 Å². The van der Waals surface area contributed by atoms with Gasteiger partial charge in [0, 0.05) is 38.8 Å². The number of rotatable bonds is 10. The van der Waals surface area contributed by atoms with Gasteiger partial charge < -0.3 is 20.7 Å². The number of hydrogen-bond donors (Lipinski definition) is 3. The first-order valence-electron chi connectivity index (χ1n) is 12.1. The van der Waals surface area contributed by atoms with Crippen molar-refractivity contribution in [1.29, 1.82) is 0 Å². The highest BCUT2D eigenvalue weighted by Gasteiger charge is 2.31. The molecule has 2 rings (SSSR count). The minimum Gasteiger partial charge on any atom is -0.465 e. The number of allylic oxidation sites excluding steroid dienone is 3. The summed E-state index contributed by atoms with van der Waals surface area (Å²) in [5.41, 5.74) is -1.21. The second-order valence-electron chi connectivity index (χ2n) is 7.11. The van der Waals surface area contributed by atoms with E-state index in [-0.39, 0.29) is 22.8 Å². The number of amides is 3. The fraction of sp³-hybridized carbons (Fsp3) is 0.214. The molecule has 0 aliphatic carbocycles. The molecule has 0 aromatic heterocycles. The van der Waals surface area contributed by atoms with Crippen molar-refractivity contribution in [3.8, 4) is 5.75 Å². The maximum atomic E-state index is 14.4. The van der Waals surface area contributed by atoms with Gasteiger partial charge in [0.2, 0.25) is 6.41 Å². The van der Waals surface area contributed by atoms with Crippen LogP contribution in [0.5, 0.6) is 5.75 Å². The first-order valence-corrected chi connectivity index (χ1v) is 12.1. The molecular formula is C28H34F4N6O3. The second-order valence-corrected chi connectivity index (χ2v) is 7.11. The van der Waals surface area contributed by atoms with E-state index < -0.39 is 23.6 Å². The highest BCUT2D eigenvalue weighted by atomic mass is 19.4. The Balaban J connectivity index is 0.00000244. The Kier molecular flexibility index (Phi) is 17.6. The Labute approximate surface area is 237 Å². The van der Waals surface area contributed by atoms with Gasteiger partial charge >= 0.3 is 12.2 Å². The van der Waals surface area contributed by atoms with Gasteiger partial charge in [-0.05, 0) is 49.4 Å². The average molecular weight is 579 g/mol. The fourth-order valence-corrected chi connectivity index (χ4v) is 2.59. The summed E-state index contributed by atoms with van der Waals surface area (Å²) < 4.78 is 59.2. The van der Waals surface area contributed by atoms with Crippen molar-refractivity contribution in [3.05, 3.63) is 85.0 Å². The summed E-state index contributed by atoms with van der Waals surface area (Å²) >= 11 is 0. The SMILES string of the molecule is C=C/C=N\N(C)c1ccc(C(F)(F)F)cc1NC(=O)Nc1ccc(O/C=C/C=N\C=C/C)cc1F.CC.CNC=O. The quantitative estimate of drug-likeness (QED) is 0.0929. The number of anilines is 3. The first-order chi connectivity index (χ1) is 19.6. The molecule has 41 heavy (non-hydrogen) atoms. The summed E-state index contributed by atoms with van der Waals surface area (Å²) in [6, 6.07) is 5.50. The Bertz CT molecular complexity index is 1230. The maximum absolute atomic E-state index is 14.4. The fourth-order valence-electron chi connectivity index (χ4n) is 2.59. The van der Waals surface area contributed by atoms with Gasteiger partial charge in [-0.15, -0.1) is 0 Å². The van der Waals surface area contributed by atoms with Crippen molar-refractivity contribution >= 4 is 41.9 Å². The zero-order valence-corrected chi connectivity index (χ0v) is 23.4. The van der Waals surface area contributed by atoms with Crippen molar-refractivity contribution in [1.82, 2.24) is 5.32 Å². The predicted octanol–water partition coefficient (Wildman–Crippen LogP) is 6.98. The maximum Gasteiger partial charge on any atom is 0.416 e. The molecule has 2 aromatic carbocycles. The monoisotopic (exact) mass is 578 g/mol. The van der Waals surface area contributed by atoms with Crippen LogP contribution in [0.1, 0.15) is 26.3 Å². The third kappa shape index (κ3) is 14.1. The molecule has 0 aliphatic rings. The topological polar surface area (TPSA) is 107 Å². The van der Waals surface area contributed by atoms with E-state index in [4.69, 9.17) is 9.53 Å². The van der Waals surface area contributed by atoms with Gasteiger partial charge in [-0.3, -0.25) is 14.8 Å². The van der Waals surface area contributed by atoms with Crippen LogP contribution in [0, 0.1) is 5.82 Å². The molecule has 0 unspecified atom stereocenters. The number of nitrogens with zero attached hydrogens (tertiary/aromatic N) is 3. The largest absolute Gasteiger partial charge is 0.465 e. The minimum absolute atomic E-state index is 0.158. The molecule has 3 amide bonds.